The summed E-state index contributed by atoms with van der Waals surface area (Å²) >= 11 is 5.99. The second-order valence-corrected chi connectivity index (χ2v) is 5.81. The Kier molecular flexibility index (Phi) is 6.33. The topological polar surface area (TPSA) is 44.4 Å². The quantitative estimate of drug-likeness (QED) is 0.761. The first kappa shape index (κ1) is 16.1. The fourth-order valence-electron chi connectivity index (χ4n) is 2.65. The Bertz CT molecular complexity index is 473. The number of hydrogen-bond donors (Lipinski definition) is 2. The van der Waals surface area contributed by atoms with E-state index < -0.39 is 0 Å². The number of carbonyl (C=O) groups excluding carboxylic acids is 1. The van der Waals surface area contributed by atoms with E-state index in [9.17, 15) is 4.79 Å². The van der Waals surface area contributed by atoms with Crippen LogP contribution in [0.2, 0.25) is 5.02 Å². The van der Waals surface area contributed by atoms with Gasteiger partial charge in [0.2, 0.25) is 0 Å². The lowest BCUT2D eigenvalue weighted by atomic mass is 10.1. The summed E-state index contributed by atoms with van der Waals surface area (Å²) in [7, 11) is 0. The number of nitrogens with zero attached hydrogens (tertiary/aromatic N) is 1. The Morgan fingerprint density at radius 1 is 1.33 bits per heavy atom. The average Bonchev–Trinajstić information content (AvgIpc) is 2.99. The highest BCUT2D eigenvalue weighted by molar-refractivity contribution is 6.31. The summed E-state index contributed by atoms with van der Waals surface area (Å²) in [5.41, 5.74) is 1.45. The van der Waals surface area contributed by atoms with Crippen molar-refractivity contribution in [2.45, 2.75) is 26.2 Å². The van der Waals surface area contributed by atoms with Crippen LogP contribution in [0.25, 0.3) is 0 Å². The molecule has 116 valence electrons. The average molecular weight is 310 g/mol. The molecule has 0 bridgehead atoms. The summed E-state index contributed by atoms with van der Waals surface area (Å²) in [5, 5.41) is 6.76. The number of anilines is 1. The molecule has 0 unspecified atom stereocenters. The first-order chi connectivity index (χ1) is 10.2. The van der Waals surface area contributed by atoms with Crippen LogP contribution in [0.15, 0.2) is 18.2 Å². The highest BCUT2D eigenvalue weighted by atomic mass is 35.5. The predicted octanol–water partition coefficient (Wildman–Crippen LogP) is 2.99. The minimum atomic E-state index is -0.0603. The first-order valence-corrected chi connectivity index (χ1v) is 8.12. The van der Waals surface area contributed by atoms with Crippen LogP contribution in [-0.2, 0) is 0 Å². The van der Waals surface area contributed by atoms with E-state index in [2.05, 4.69) is 15.5 Å². The molecule has 0 radical (unpaired) electrons. The Morgan fingerprint density at radius 2 is 2.10 bits per heavy atom. The fourth-order valence-corrected chi connectivity index (χ4v) is 2.83. The summed E-state index contributed by atoms with van der Waals surface area (Å²) in [6.45, 7) is 6.95. The van der Waals surface area contributed by atoms with Gasteiger partial charge in [-0.3, -0.25) is 4.79 Å². The monoisotopic (exact) mass is 309 g/mol. The third-order valence-electron chi connectivity index (χ3n) is 3.73. The molecule has 1 saturated heterocycles. The van der Waals surface area contributed by atoms with Gasteiger partial charge in [-0.2, -0.15) is 0 Å². The molecular formula is C16H24ClN3O. The van der Waals surface area contributed by atoms with Crippen LogP contribution in [0.5, 0.6) is 0 Å². The normalized spacial score (nSPS) is 15.1. The Labute approximate surface area is 131 Å². The van der Waals surface area contributed by atoms with E-state index >= 15 is 0 Å². The minimum absolute atomic E-state index is 0.0603. The van der Waals surface area contributed by atoms with Crippen LogP contribution in [-0.4, -0.2) is 43.5 Å². The zero-order valence-electron chi connectivity index (χ0n) is 12.6. The van der Waals surface area contributed by atoms with Crippen LogP contribution < -0.4 is 10.6 Å². The molecule has 1 aromatic carbocycles. The van der Waals surface area contributed by atoms with Crippen molar-refractivity contribution in [3.05, 3.63) is 28.8 Å². The maximum absolute atomic E-state index is 12.3. The molecule has 4 nitrogen and oxygen atoms in total. The Morgan fingerprint density at radius 3 is 2.81 bits per heavy atom. The molecule has 5 heteroatoms. The molecule has 1 aromatic rings. The number of hydrogen-bond acceptors (Lipinski definition) is 3. The van der Waals surface area contributed by atoms with Crippen molar-refractivity contribution >= 4 is 23.2 Å². The summed E-state index contributed by atoms with van der Waals surface area (Å²) < 4.78 is 0. The van der Waals surface area contributed by atoms with Gasteiger partial charge in [0, 0.05) is 23.8 Å². The van der Waals surface area contributed by atoms with Gasteiger partial charge in [-0.05, 0) is 64.0 Å². The van der Waals surface area contributed by atoms with Crippen molar-refractivity contribution in [2.24, 2.45) is 0 Å². The summed E-state index contributed by atoms with van der Waals surface area (Å²) in [4.78, 5) is 14.7. The van der Waals surface area contributed by atoms with Gasteiger partial charge < -0.3 is 15.5 Å². The number of carbonyl (C=O) groups is 1. The lowest BCUT2D eigenvalue weighted by Crippen LogP contribution is -2.29. The van der Waals surface area contributed by atoms with Crippen molar-refractivity contribution in [3.8, 4) is 0 Å². The van der Waals surface area contributed by atoms with E-state index in [0.717, 1.165) is 25.2 Å². The number of nitrogens with one attached hydrogen (secondary N) is 2. The third kappa shape index (κ3) is 4.90. The fraction of sp³-hybridized carbons (Fsp3) is 0.562. The van der Waals surface area contributed by atoms with E-state index in [1.807, 2.05) is 13.0 Å². The van der Waals surface area contributed by atoms with Gasteiger partial charge >= 0.3 is 0 Å². The van der Waals surface area contributed by atoms with E-state index in [1.165, 1.54) is 25.9 Å². The highest BCUT2D eigenvalue weighted by Gasteiger charge is 2.13. The lowest BCUT2D eigenvalue weighted by molar-refractivity contribution is 0.0953. The summed E-state index contributed by atoms with van der Waals surface area (Å²) in [6.07, 6.45) is 3.60. The van der Waals surface area contributed by atoms with Crippen molar-refractivity contribution in [3.63, 3.8) is 0 Å². The van der Waals surface area contributed by atoms with Gasteiger partial charge in [0.25, 0.3) is 5.91 Å². The van der Waals surface area contributed by atoms with Gasteiger partial charge in [0.05, 0.1) is 5.56 Å². The molecule has 1 amide bonds. The second kappa shape index (κ2) is 8.25. The number of likely N-dealkylation sites (tertiary alicyclic amines) is 1. The van der Waals surface area contributed by atoms with Gasteiger partial charge in [0.1, 0.15) is 0 Å². The molecule has 0 atom stereocenters. The van der Waals surface area contributed by atoms with Gasteiger partial charge in [-0.1, -0.05) is 11.6 Å². The summed E-state index contributed by atoms with van der Waals surface area (Å²) in [5.74, 6) is -0.0603. The number of amides is 1. The second-order valence-electron chi connectivity index (χ2n) is 5.38. The number of halogens is 1. The smallest absolute Gasteiger partial charge is 0.253 e. The van der Waals surface area contributed by atoms with Gasteiger partial charge in [-0.15, -0.1) is 0 Å². The van der Waals surface area contributed by atoms with Crippen molar-refractivity contribution < 1.29 is 4.79 Å². The van der Waals surface area contributed by atoms with E-state index in [1.54, 1.807) is 12.1 Å². The standard InChI is InChI=1S/C16H24ClN3O/c1-2-18-15-7-6-13(17)12-14(15)16(21)19-8-5-11-20-9-3-4-10-20/h6-7,12,18H,2-5,8-11H2,1H3,(H,19,21). The Hall–Kier alpha value is -1.26. The molecule has 0 spiro atoms. The molecular weight excluding hydrogens is 286 g/mol. The van der Waals surface area contributed by atoms with Crippen molar-refractivity contribution in [1.29, 1.82) is 0 Å². The highest BCUT2D eigenvalue weighted by Crippen LogP contribution is 2.20. The maximum atomic E-state index is 12.3. The third-order valence-corrected chi connectivity index (χ3v) is 3.96. The van der Waals surface area contributed by atoms with Gasteiger partial charge in [0.15, 0.2) is 0 Å². The lowest BCUT2D eigenvalue weighted by Gasteiger charge is -2.15. The van der Waals surface area contributed by atoms with Crippen LogP contribution in [0.1, 0.15) is 36.5 Å². The summed E-state index contributed by atoms with van der Waals surface area (Å²) in [6, 6.07) is 5.37. The molecule has 1 heterocycles. The van der Waals surface area contributed by atoms with Crippen LogP contribution >= 0.6 is 11.6 Å². The largest absolute Gasteiger partial charge is 0.385 e. The van der Waals surface area contributed by atoms with Crippen LogP contribution in [0.4, 0.5) is 5.69 Å². The SMILES string of the molecule is CCNc1ccc(Cl)cc1C(=O)NCCCN1CCCC1. The first-order valence-electron chi connectivity index (χ1n) is 7.74. The number of benzene rings is 1. The van der Waals surface area contributed by atoms with Crippen molar-refractivity contribution in [1.82, 2.24) is 10.2 Å². The van der Waals surface area contributed by atoms with E-state index in [0.29, 0.717) is 17.1 Å². The van der Waals surface area contributed by atoms with Crippen molar-refractivity contribution in [2.75, 3.05) is 38.0 Å². The molecule has 0 saturated carbocycles. The predicted molar refractivity (Wildman–Crippen MR) is 88.2 cm³/mol. The maximum Gasteiger partial charge on any atom is 0.253 e. The zero-order chi connectivity index (χ0) is 15.1. The molecule has 21 heavy (non-hydrogen) atoms. The molecule has 1 aliphatic heterocycles. The van der Waals surface area contributed by atoms with Crippen LogP contribution in [0.3, 0.4) is 0 Å². The minimum Gasteiger partial charge on any atom is -0.385 e. The molecule has 1 aliphatic rings. The molecule has 1 fully saturated rings. The molecule has 2 rings (SSSR count). The molecule has 0 aliphatic carbocycles. The van der Waals surface area contributed by atoms with E-state index in [4.69, 9.17) is 11.6 Å². The van der Waals surface area contributed by atoms with Gasteiger partial charge in [-0.25, -0.2) is 0 Å². The molecule has 2 N–H and O–H groups in total. The molecule has 0 aromatic heterocycles. The van der Waals surface area contributed by atoms with E-state index in [-0.39, 0.29) is 5.91 Å². The zero-order valence-corrected chi connectivity index (χ0v) is 13.4. The van der Waals surface area contributed by atoms with Crippen LogP contribution in [0, 0.1) is 0 Å². The number of rotatable bonds is 7. The Balaban J connectivity index is 1.82.